The van der Waals surface area contributed by atoms with E-state index in [4.69, 9.17) is 9.73 Å². The van der Waals surface area contributed by atoms with E-state index in [1.54, 1.807) is 19.2 Å². The van der Waals surface area contributed by atoms with Gasteiger partial charge in [-0.15, -0.1) is 0 Å². The van der Waals surface area contributed by atoms with Crippen LogP contribution in [0.3, 0.4) is 0 Å². The van der Waals surface area contributed by atoms with E-state index in [0.29, 0.717) is 18.4 Å². The van der Waals surface area contributed by atoms with Crippen LogP contribution < -0.4 is 4.74 Å². The number of methoxy groups -OCH3 is 1. The second kappa shape index (κ2) is 7.38. The zero-order chi connectivity index (χ0) is 20.5. The standard InChI is InChI=1S/C23H27FN2O2/c1-22(2)14-19(25-18-10-12-20(28-5)13-11-18)15-23(3,4)26(22)21(27)16-6-8-17(24)9-7-16/h6-13H,14-15H2,1-5H3. The minimum Gasteiger partial charge on any atom is -0.497 e. The number of nitrogens with zero attached hydrogens (tertiary/aromatic N) is 2. The Morgan fingerprint density at radius 3 is 2.00 bits per heavy atom. The van der Waals surface area contributed by atoms with Gasteiger partial charge < -0.3 is 9.64 Å². The van der Waals surface area contributed by atoms with Gasteiger partial charge in [-0.2, -0.15) is 0 Å². The maximum Gasteiger partial charge on any atom is 0.254 e. The minimum absolute atomic E-state index is 0.0847. The molecule has 3 rings (SSSR count). The molecule has 2 aromatic carbocycles. The molecule has 0 spiro atoms. The number of aliphatic imine (C=N–C) groups is 1. The van der Waals surface area contributed by atoms with E-state index >= 15 is 0 Å². The molecule has 0 atom stereocenters. The van der Waals surface area contributed by atoms with Gasteiger partial charge in [0.1, 0.15) is 11.6 Å². The molecule has 0 saturated carbocycles. The first-order chi connectivity index (χ1) is 13.1. The first-order valence-electron chi connectivity index (χ1n) is 9.43. The highest BCUT2D eigenvalue weighted by molar-refractivity contribution is 5.98. The summed E-state index contributed by atoms with van der Waals surface area (Å²) in [5.74, 6) is 0.366. The van der Waals surface area contributed by atoms with E-state index in [1.807, 2.05) is 29.2 Å². The number of amides is 1. The first-order valence-corrected chi connectivity index (χ1v) is 9.43. The topological polar surface area (TPSA) is 41.9 Å². The van der Waals surface area contributed by atoms with Crippen LogP contribution in [-0.4, -0.2) is 34.7 Å². The molecule has 1 aliphatic heterocycles. The average molecular weight is 382 g/mol. The molecule has 1 heterocycles. The molecule has 0 bridgehead atoms. The number of benzene rings is 2. The van der Waals surface area contributed by atoms with Gasteiger partial charge in [0.05, 0.1) is 12.8 Å². The number of carbonyl (C=O) groups is 1. The molecule has 0 unspecified atom stereocenters. The molecule has 4 nitrogen and oxygen atoms in total. The third-order valence-electron chi connectivity index (χ3n) is 5.14. The van der Waals surface area contributed by atoms with Gasteiger partial charge in [0.25, 0.3) is 5.91 Å². The lowest BCUT2D eigenvalue weighted by atomic mass is 9.78. The van der Waals surface area contributed by atoms with Crippen molar-refractivity contribution in [3.8, 4) is 5.75 Å². The number of halogens is 1. The average Bonchev–Trinajstić information content (AvgIpc) is 2.60. The number of likely N-dealkylation sites (tertiary alicyclic amines) is 1. The van der Waals surface area contributed by atoms with Gasteiger partial charge >= 0.3 is 0 Å². The summed E-state index contributed by atoms with van der Waals surface area (Å²) in [6.07, 6.45) is 1.35. The number of rotatable bonds is 3. The maximum absolute atomic E-state index is 13.3. The van der Waals surface area contributed by atoms with Crippen LogP contribution in [0.25, 0.3) is 0 Å². The number of piperidine rings is 1. The second-order valence-corrected chi connectivity index (χ2v) is 8.50. The predicted octanol–water partition coefficient (Wildman–Crippen LogP) is 5.40. The van der Waals surface area contributed by atoms with Crippen LogP contribution in [-0.2, 0) is 0 Å². The molecule has 0 N–H and O–H groups in total. The van der Waals surface area contributed by atoms with Crippen LogP contribution in [0.1, 0.15) is 50.9 Å². The number of carbonyl (C=O) groups excluding carboxylic acids is 1. The van der Waals surface area contributed by atoms with Crippen molar-refractivity contribution in [1.82, 2.24) is 4.90 Å². The summed E-state index contributed by atoms with van der Waals surface area (Å²) in [5, 5.41) is 0. The molecular formula is C23H27FN2O2. The molecule has 1 amide bonds. The number of hydrogen-bond acceptors (Lipinski definition) is 3. The summed E-state index contributed by atoms with van der Waals surface area (Å²) in [6, 6.07) is 13.4. The molecule has 0 radical (unpaired) electrons. The van der Waals surface area contributed by atoms with E-state index in [9.17, 15) is 9.18 Å². The van der Waals surface area contributed by atoms with Crippen molar-refractivity contribution < 1.29 is 13.9 Å². The van der Waals surface area contributed by atoms with Crippen molar-refractivity contribution in [3.63, 3.8) is 0 Å². The molecule has 5 heteroatoms. The lowest BCUT2D eigenvalue weighted by Crippen LogP contribution is -2.63. The zero-order valence-corrected chi connectivity index (χ0v) is 17.1. The molecule has 148 valence electrons. The van der Waals surface area contributed by atoms with Crippen LogP contribution in [0.2, 0.25) is 0 Å². The SMILES string of the molecule is COc1ccc(N=C2CC(C)(C)N(C(=O)c3ccc(F)cc3)C(C)(C)C2)cc1. The van der Waals surface area contributed by atoms with E-state index in [-0.39, 0.29) is 11.7 Å². The maximum atomic E-state index is 13.3. The normalized spacial score (nSPS) is 17.9. The first kappa shape index (κ1) is 20.1. The lowest BCUT2D eigenvalue weighted by molar-refractivity contribution is 0.0124. The fraction of sp³-hybridized carbons (Fsp3) is 0.391. The van der Waals surface area contributed by atoms with Gasteiger partial charge in [-0.25, -0.2) is 4.39 Å². The van der Waals surface area contributed by atoms with E-state index in [0.717, 1.165) is 17.1 Å². The molecule has 1 aliphatic rings. The molecule has 0 aliphatic carbocycles. The van der Waals surface area contributed by atoms with E-state index < -0.39 is 11.1 Å². The van der Waals surface area contributed by atoms with Crippen LogP contribution >= 0.6 is 0 Å². The summed E-state index contributed by atoms with van der Waals surface area (Å²) in [4.78, 5) is 20.0. The quantitative estimate of drug-likeness (QED) is 0.713. The summed E-state index contributed by atoms with van der Waals surface area (Å²) in [5.41, 5.74) is 1.60. The van der Waals surface area contributed by atoms with E-state index in [1.165, 1.54) is 12.1 Å². The van der Waals surface area contributed by atoms with Crippen molar-refractivity contribution in [2.45, 2.75) is 51.6 Å². The zero-order valence-electron chi connectivity index (χ0n) is 17.1. The summed E-state index contributed by atoms with van der Waals surface area (Å²) in [7, 11) is 1.64. The third-order valence-corrected chi connectivity index (χ3v) is 5.14. The fourth-order valence-corrected chi connectivity index (χ4v) is 4.23. The Hall–Kier alpha value is -2.69. The largest absolute Gasteiger partial charge is 0.497 e. The summed E-state index contributed by atoms with van der Waals surface area (Å²) in [6.45, 7) is 8.22. The Morgan fingerprint density at radius 1 is 0.964 bits per heavy atom. The van der Waals surface area contributed by atoms with Gasteiger partial charge in [0, 0.05) is 35.2 Å². The van der Waals surface area contributed by atoms with Crippen molar-refractivity contribution in [1.29, 1.82) is 0 Å². The molecular weight excluding hydrogens is 355 g/mol. The van der Waals surface area contributed by atoms with Crippen molar-refractivity contribution in [3.05, 3.63) is 59.9 Å². The Balaban J connectivity index is 1.89. The smallest absolute Gasteiger partial charge is 0.254 e. The lowest BCUT2D eigenvalue weighted by Gasteiger charge is -2.53. The Bertz CT molecular complexity index is 864. The van der Waals surface area contributed by atoms with Gasteiger partial charge in [0.2, 0.25) is 0 Å². The highest BCUT2D eigenvalue weighted by atomic mass is 19.1. The Labute approximate surface area is 166 Å². The minimum atomic E-state index is -0.418. The van der Waals surface area contributed by atoms with Gasteiger partial charge in [-0.05, 0) is 76.2 Å². The molecule has 1 saturated heterocycles. The molecule has 2 aromatic rings. The molecule has 28 heavy (non-hydrogen) atoms. The van der Waals surface area contributed by atoms with Crippen LogP contribution in [0.5, 0.6) is 5.75 Å². The molecule has 0 aromatic heterocycles. The molecule has 1 fully saturated rings. The summed E-state index contributed by atoms with van der Waals surface area (Å²) >= 11 is 0. The monoisotopic (exact) mass is 382 g/mol. The highest BCUT2D eigenvalue weighted by Gasteiger charge is 2.46. The predicted molar refractivity (Wildman–Crippen MR) is 110 cm³/mol. The van der Waals surface area contributed by atoms with Crippen LogP contribution in [0.15, 0.2) is 53.5 Å². The van der Waals surface area contributed by atoms with Gasteiger partial charge in [-0.3, -0.25) is 9.79 Å². The van der Waals surface area contributed by atoms with E-state index in [2.05, 4.69) is 27.7 Å². The third kappa shape index (κ3) is 4.08. The fourth-order valence-electron chi connectivity index (χ4n) is 4.23. The van der Waals surface area contributed by atoms with Crippen LogP contribution in [0.4, 0.5) is 10.1 Å². The van der Waals surface area contributed by atoms with Crippen LogP contribution in [0, 0.1) is 5.82 Å². The van der Waals surface area contributed by atoms with Crippen molar-refractivity contribution in [2.75, 3.05) is 7.11 Å². The van der Waals surface area contributed by atoms with Gasteiger partial charge in [0.15, 0.2) is 0 Å². The number of hydrogen-bond donors (Lipinski definition) is 0. The second-order valence-electron chi connectivity index (χ2n) is 8.50. The Kier molecular flexibility index (Phi) is 5.28. The Morgan fingerprint density at radius 2 is 1.50 bits per heavy atom. The van der Waals surface area contributed by atoms with Crippen molar-refractivity contribution >= 4 is 17.3 Å². The van der Waals surface area contributed by atoms with Crippen molar-refractivity contribution in [2.24, 2.45) is 4.99 Å². The number of ether oxygens (including phenoxy) is 1. The summed E-state index contributed by atoms with van der Waals surface area (Å²) < 4.78 is 18.5. The van der Waals surface area contributed by atoms with Gasteiger partial charge in [-0.1, -0.05) is 0 Å². The highest BCUT2D eigenvalue weighted by Crippen LogP contribution is 2.39.